The molecular weight excluding hydrogens is 384 g/mol. The molecule has 2 aromatic carbocycles. The number of imidazole rings is 1. The van der Waals surface area contributed by atoms with Gasteiger partial charge in [0.25, 0.3) is 0 Å². The number of hydrogen-bond donors (Lipinski definition) is 1. The van der Waals surface area contributed by atoms with Gasteiger partial charge in [-0.25, -0.2) is 9.78 Å². The minimum absolute atomic E-state index is 0.0734. The summed E-state index contributed by atoms with van der Waals surface area (Å²) < 4.78 is 2.99. The summed E-state index contributed by atoms with van der Waals surface area (Å²) in [4.78, 5) is 29.3. The normalized spacial score (nSPS) is 11.0. The van der Waals surface area contributed by atoms with Crippen molar-refractivity contribution in [1.82, 2.24) is 14.1 Å². The summed E-state index contributed by atoms with van der Waals surface area (Å²) in [7, 11) is 1.69. The molecule has 0 aliphatic carbocycles. The molecule has 0 aliphatic rings. The van der Waals surface area contributed by atoms with Gasteiger partial charge in [0.2, 0.25) is 5.91 Å². The van der Waals surface area contributed by atoms with Crippen molar-refractivity contribution in [2.24, 2.45) is 7.05 Å². The van der Waals surface area contributed by atoms with Gasteiger partial charge in [0.1, 0.15) is 6.54 Å². The van der Waals surface area contributed by atoms with Crippen molar-refractivity contribution in [1.29, 1.82) is 0 Å². The van der Waals surface area contributed by atoms with Crippen LogP contribution in [0.2, 0.25) is 5.02 Å². The second-order valence-electron chi connectivity index (χ2n) is 6.01. The summed E-state index contributed by atoms with van der Waals surface area (Å²) in [5, 5.41) is 5.77. The van der Waals surface area contributed by atoms with E-state index in [0.29, 0.717) is 10.2 Å². The molecule has 2 aromatic heterocycles. The van der Waals surface area contributed by atoms with Crippen molar-refractivity contribution >= 4 is 45.0 Å². The van der Waals surface area contributed by atoms with Gasteiger partial charge in [0.05, 0.1) is 16.7 Å². The summed E-state index contributed by atoms with van der Waals surface area (Å²) in [5.74, 6) is -0.301. The monoisotopic (exact) mass is 398 g/mol. The molecule has 0 saturated heterocycles. The fourth-order valence-corrected chi connectivity index (χ4v) is 3.76. The van der Waals surface area contributed by atoms with Gasteiger partial charge in [-0.2, -0.15) is 0 Å². The molecule has 0 spiro atoms. The van der Waals surface area contributed by atoms with Crippen LogP contribution < -0.4 is 11.0 Å². The highest BCUT2D eigenvalue weighted by Crippen LogP contribution is 2.26. The molecule has 4 aromatic rings. The lowest BCUT2D eigenvalue weighted by Gasteiger charge is -2.03. The van der Waals surface area contributed by atoms with Gasteiger partial charge in [-0.05, 0) is 24.3 Å². The van der Waals surface area contributed by atoms with E-state index in [9.17, 15) is 9.59 Å². The Kier molecular flexibility index (Phi) is 4.55. The molecule has 0 bridgehead atoms. The average Bonchev–Trinajstić information content (AvgIpc) is 3.22. The van der Waals surface area contributed by atoms with E-state index in [0.717, 1.165) is 22.3 Å². The van der Waals surface area contributed by atoms with Crippen LogP contribution in [-0.2, 0) is 18.4 Å². The molecule has 4 rings (SSSR count). The molecule has 2 heterocycles. The zero-order valence-electron chi connectivity index (χ0n) is 14.3. The molecule has 27 heavy (non-hydrogen) atoms. The molecule has 8 heteroatoms. The molecule has 1 amide bonds. The molecule has 0 fully saturated rings. The number of rotatable bonds is 4. The van der Waals surface area contributed by atoms with Gasteiger partial charge >= 0.3 is 5.69 Å². The second kappa shape index (κ2) is 7.02. The zero-order valence-corrected chi connectivity index (χ0v) is 15.9. The number of hydrogen-bond acceptors (Lipinski definition) is 4. The van der Waals surface area contributed by atoms with Crippen LogP contribution in [0, 0.1) is 0 Å². The number of benzene rings is 2. The van der Waals surface area contributed by atoms with Crippen molar-refractivity contribution in [3.63, 3.8) is 0 Å². The van der Waals surface area contributed by atoms with Crippen LogP contribution >= 0.6 is 22.9 Å². The van der Waals surface area contributed by atoms with E-state index in [1.165, 1.54) is 20.5 Å². The number of para-hydroxylation sites is 2. The van der Waals surface area contributed by atoms with E-state index in [2.05, 4.69) is 10.3 Å². The molecular formula is C19H15ClN4O2S. The minimum Gasteiger partial charge on any atom is -0.300 e. The highest BCUT2D eigenvalue weighted by molar-refractivity contribution is 7.14. The number of nitrogens with zero attached hydrogens (tertiary/aromatic N) is 3. The van der Waals surface area contributed by atoms with Gasteiger partial charge in [0.15, 0.2) is 5.13 Å². The van der Waals surface area contributed by atoms with Crippen molar-refractivity contribution in [3.8, 4) is 11.3 Å². The maximum atomic E-state index is 12.4. The number of halogens is 1. The molecule has 136 valence electrons. The topological polar surface area (TPSA) is 68.9 Å². The van der Waals surface area contributed by atoms with Crippen LogP contribution in [0.3, 0.4) is 0 Å². The van der Waals surface area contributed by atoms with Gasteiger partial charge < -0.3 is 5.32 Å². The lowest BCUT2D eigenvalue weighted by Crippen LogP contribution is -2.28. The van der Waals surface area contributed by atoms with Gasteiger partial charge in [-0.1, -0.05) is 35.9 Å². The van der Waals surface area contributed by atoms with E-state index in [-0.39, 0.29) is 18.1 Å². The quantitative estimate of drug-likeness (QED) is 0.569. The van der Waals surface area contributed by atoms with Crippen molar-refractivity contribution in [2.75, 3.05) is 5.32 Å². The number of carbonyl (C=O) groups excluding carboxylic acids is 1. The van der Waals surface area contributed by atoms with Crippen molar-refractivity contribution < 1.29 is 4.79 Å². The van der Waals surface area contributed by atoms with Gasteiger partial charge in [-0.15, -0.1) is 11.3 Å². The van der Waals surface area contributed by atoms with E-state index in [1.807, 2.05) is 41.8 Å². The second-order valence-corrected chi connectivity index (χ2v) is 7.30. The molecule has 0 aliphatic heterocycles. The maximum absolute atomic E-state index is 12.4. The van der Waals surface area contributed by atoms with E-state index >= 15 is 0 Å². The molecule has 0 radical (unpaired) electrons. The average molecular weight is 399 g/mol. The predicted octanol–water partition coefficient (Wildman–Crippen LogP) is 3.76. The molecule has 1 N–H and O–H groups in total. The fraction of sp³-hybridized carbons (Fsp3) is 0.105. The first kappa shape index (κ1) is 17.5. The number of aromatic nitrogens is 3. The summed E-state index contributed by atoms with van der Waals surface area (Å²) in [6, 6.07) is 14.7. The van der Waals surface area contributed by atoms with Crippen LogP contribution in [0.25, 0.3) is 22.3 Å². The van der Waals surface area contributed by atoms with Gasteiger partial charge in [0, 0.05) is 23.0 Å². The summed E-state index contributed by atoms with van der Waals surface area (Å²) in [6.07, 6.45) is 0. The Morgan fingerprint density at radius 3 is 2.59 bits per heavy atom. The third-order valence-electron chi connectivity index (χ3n) is 4.24. The Balaban J connectivity index is 1.53. The van der Waals surface area contributed by atoms with Gasteiger partial charge in [-0.3, -0.25) is 13.9 Å². The van der Waals surface area contributed by atoms with Crippen molar-refractivity contribution in [3.05, 3.63) is 69.4 Å². The van der Waals surface area contributed by atoms with E-state index in [1.54, 1.807) is 19.2 Å². The molecule has 6 nitrogen and oxygen atoms in total. The zero-order chi connectivity index (χ0) is 19.0. The van der Waals surface area contributed by atoms with E-state index in [4.69, 9.17) is 11.6 Å². The highest BCUT2D eigenvalue weighted by Gasteiger charge is 2.14. The Morgan fingerprint density at radius 1 is 1.15 bits per heavy atom. The van der Waals surface area contributed by atoms with Crippen molar-refractivity contribution in [2.45, 2.75) is 6.54 Å². The number of fused-ring (bicyclic) bond motifs is 1. The Morgan fingerprint density at radius 2 is 1.85 bits per heavy atom. The first-order valence-corrected chi connectivity index (χ1v) is 9.44. The highest BCUT2D eigenvalue weighted by atomic mass is 35.5. The van der Waals surface area contributed by atoms with E-state index < -0.39 is 0 Å². The van der Waals surface area contributed by atoms with Crippen LogP contribution in [-0.4, -0.2) is 20.0 Å². The lowest BCUT2D eigenvalue weighted by atomic mass is 10.2. The third kappa shape index (κ3) is 3.39. The SMILES string of the molecule is Cn1c(=O)n(CC(=O)Nc2nc(-c3ccc(Cl)cc3)cs2)c2ccccc21. The first-order chi connectivity index (χ1) is 13.0. The number of amides is 1. The molecule has 0 unspecified atom stereocenters. The van der Waals surface area contributed by atoms with Crippen LogP contribution in [0.15, 0.2) is 58.7 Å². The standard InChI is InChI=1S/C19H15ClN4O2S/c1-23-15-4-2-3-5-16(15)24(19(23)26)10-17(25)22-18-21-14(11-27-18)12-6-8-13(20)9-7-12/h2-9,11H,10H2,1H3,(H,21,22,25). The van der Waals surface area contributed by atoms with Crippen LogP contribution in [0.5, 0.6) is 0 Å². The molecule has 0 saturated carbocycles. The number of thiazole rings is 1. The fourth-order valence-electron chi connectivity index (χ4n) is 2.90. The predicted molar refractivity (Wildman–Crippen MR) is 108 cm³/mol. The summed E-state index contributed by atoms with van der Waals surface area (Å²) in [5.41, 5.74) is 2.96. The number of nitrogens with one attached hydrogen (secondary N) is 1. The van der Waals surface area contributed by atoms with Crippen LogP contribution in [0.1, 0.15) is 0 Å². The van der Waals surface area contributed by atoms with Crippen LogP contribution in [0.4, 0.5) is 5.13 Å². The Labute approximate surface area is 163 Å². The number of aryl methyl sites for hydroxylation is 1. The third-order valence-corrected chi connectivity index (χ3v) is 5.25. The summed E-state index contributed by atoms with van der Waals surface area (Å²) in [6.45, 7) is -0.0734. The smallest absolute Gasteiger partial charge is 0.300 e. The molecule has 0 atom stereocenters. The number of anilines is 1. The minimum atomic E-state index is -0.301. The lowest BCUT2D eigenvalue weighted by molar-refractivity contribution is -0.116. The Hall–Kier alpha value is -2.90. The maximum Gasteiger partial charge on any atom is 0.329 e. The number of carbonyl (C=O) groups is 1. The Bertz CT molecular complexity index is 1190. The largest absolute Gasteiger partial charge is 0.329 e. The summed E-state index contributed by atoms with van der Waals surface area (Å²) >= 11 is 7.23. The first-order valence-electron chi connectivity index (χ1n) is 8.18.